The third kappa shape index (κ3) is 11.8. The van der Waals surface area contributed by atoms with Gasteiger partial charge < -0.3 is 9.47 Å². The number of nitrogens with one attached hydrogen (secondary N) is 1. The Morgan fingerprint density at radius 1 is 0.857 bits per heavy atom. The number of hydrogen-bond donors (Lipinski definition) is 1. The Morgan fingerprint density at radius 2 is 1.45 bits per heavy atom. The quantitative estimate of drug-likeness (QED) is 0.102. The van der Waals surface area contributed by atoms with Crippen LogP contribution in [0.15, 0.2) is 97.1 Å². The van der Waals surface area contributed by atoms with Crippen LogP contribution >= 0.6 is 63.7 Å². The lowest BCUT2D eigenvalue weighted by atomic mass is 10.0. The number of carbonyl (C=O) groups excluding carboxylic acids is 3. The van der Waals surface area contributed by atoms with E-state index in [1.54, 1.807) is 36.4 Å². The van der Waals surface area contributed by atoms with Gasteiger partial charge in [-0.05, 0) is 106 Å². The second-order valence-corrected chi connectivity index (χ2v) is 23.3. The number of hydrazine groups is 1. The van der Waals surface area contributed by atoms with Crippen LogP contribution in [-0.2, 0) is 16.0 Å². The number of rotatable bonds is 9. The van der Waals surface area contributed by atoms with Crippen molar-refractivity contribution in [3.05, 3.63) is 130 Å². The van der Waals surface area contributed by atoms with E-state index in [4.69, 9.17) is 9.47 Å². The molecule has 296 valence electrons. The molecule has 0 saturated heterocycles. The van der Waals surface area contributed by atoms with Gasteiger partial charge in [-0.3, -0.25) is 19.8 Å². The average molecular weight is 1020 g/mol. The van der Waals surface area contributed by atoms with Gasteiger partial charge >= 0.3 is 5.97 Å². The third-order valence-corrected chi connectivity index (χ3v) is 14.0. The van der Waals surface area contributed by atoms with Crippen molar-refractivity contribution in [3.63, 3.8) is 0 Å². The summed E-state index contributed by atoms with van der Waals surface area (Å²) < 4.78 is 10.9. The summed E-state index contributed by atoms with van der Waals surface area (Å²) in [5.74, 6) is 0.0654. The van der Waals surface area contributed by atoms with Crippen molar-refractivity contribution in [2.45, 2.75) is 80.4 Å². The highest BCUT2D eigenvalue weighted by atomic mass is 80.0. The van der Waals surface area contributed by atoms with Gasteiger partial charge in [-0.25, -0.2) is 5.01 Å². The summed E-state index contributed by atoms with van der Waals surface area (Å²) in [6.45, 7) is 15.7. The first-order valence-corrected chi connectivity index (χ1v) is 21.4. The number of amides is 2. The lowest BCUT2D eigenvalue weighted by molar-refractivity contribution is -0.149. The molecule has 12 heteroatoms. The first-order chi connectivity index (χ1) is 26.2. The van der Waals surface area contributed by atoms with Crippen molar-refractivity contribution in [2.75, 3.05) is 0 Å². The smallest absolute Gasteiger partial charge is 0.311 e. The molecule has 4 aromatic rings. The van der Waals surface area contributed by atoms with Crippen LogP contribution in [0.5, 0.6) is 11.5 Å². The summed E-state index contributed by atoms with van der Waals surface area (Å²) in [4.78, 5) is 38.6. The number of ether oxygens (including phenoxy) is 2. The van der Waals surface area contributed by atoms with E-state index in [1.807, 2.05) is 109 Å². The van der Waals surface area contributed by atoms with Gasteiger partial charge in [0, 0.05) is 16.7 Å². The maximum Gasteiger partial charge on any atom is 0.311 e. The number of nitriles is 1. The van der Waals surface area contributed by atoms with Crippen molar-refractivity contribution in [1.29, 1.82) is 5.26 Å². The number of carbonyl (C=O) groups is 3. The van der Waals surface area contributed by atoms with Gasteiger partial charge in [0.25, 0.3) is 11.8 Å². The van der Waals surface area contributed by atoms with Crippen LogP contribution in [0.25, 0.3) is 0 Å². The Labute approximate surface area is 364 Å². The maximum absolute atomic E-state index is 13.1. The van der Waals surface area contributed by atoms with E-state index < -0.39 is 13.8 Å². The first-order valence-electron chi connectivity index (χ1n) is 18.1. The molecule has 1 unspecified atom stereocenters. The van der Waals surface area contributed by atoms with Crippen LogP contribution in [0.4, 0.5) is 0 Å². The molecule has 0 aliphatic heterocycles. The molecule has 0 spiro atoms. The molecule has 0 aromatic heterocycles. The van der Waals surface area contributed by atoms with Crippen molar-refractivity contribution < 1.29 is 23.9 Å². The van der Waals surface area contributed by atoms with Gasteiger partial charge in [-0.15, -0.1) is 0 Å². The zero-order chi connectivity index (χ0) is 41.6. The van der Waals surface area contributed by atoms with Gasteiger partial charge in [-0.2, -0.15) is 5.26 Å². The number of esters is 1. The van der Waals surface area contributed by atoms with E-state index in [-0.39, 0.29) is 39.9 Å². The fourth-order valence-electron chi connectivity index (χ4n) is 6.41. The second kappa shape index (κ2) is 18.8. The van der Waals surface area contributed by atoms with E-state index in [1.165, 1.54) is 10.6 Å². The molecule has 5 rings (SSSR count). The van der Waals surface area contributed by atoms with Gasteiger partial charge in [0.15, 0.2) is 0 Å². The molecule has 0 bridgehead atoms. The summed E-state index contributed by atoms with van der Waals surface area (Å²) in [6, 6.07) is 31.6. The summed E-state index contributed by atoms with van der Waals surface area (Å²) in [5, 5.41) is 11.1. The van der Waals surface area contributed by atoms with Crippen LogP contribution in [0, 0.1) is 42.4 Å². The monoisotopic (exact) mass is 1010 g/mol. The summed E-state index contributed by atoms with van der Waals surface area (Å²) in [7, 11) is 0. The van der Waals surface area contributed by atoms with Gasteiger partial charge in [0.2, 0.25) is 6.10 Å². The number of nitrogens with zero attached hydrogens (tertiary/aromatic N) is 2. The minimum absolute atomic E-state index is 0.0233. The topological polar surface area (TPSA) is 109 Å². The van der Waals surface area contributed by atoms with Gasteiger partial charge in [0.05, 0.1) is 16.3 Å². The van der Waals surface area contributed by atoms with E-state index in [2.05, 4.69) is 82.1 Å². The van der Waals surface area contributed by atoms with Crippen molar-refractivity contribution >= 4 is 81.5 Å². The highest BCUT2D eigenvalue weighted by molar-refractivity contribution is 9.40. The molecule has 1 N–H and O–H groups in total. The number of para-hydroxylation sites is 1. The molecule has 2 amide bonds. The Bertz CT molecular complexity index is 2030. The summed E-state index contributed by atoms with van der Waals surface area (Å²) in [5.41, 5.74) is 6.84. The van der Waals surface area contributed by atoms with E-state index in [0.717, 1.165) is 17.5 Å². The SMILES string of the molecule is CC1(C)[C@H](C(=O)O[C@H](C#N)c2cccc(Oc3ccccc3)c2)[C@@H]1C(Br)C(Br)(Br)Br.CCc1ccc(C(=O)NN(C(=O)c2cc(C)cc(C)c2)C(C)(C)C)cc1. The zero-order valence-electron chi connectivity index (χ0n) is 32.7. The van der Waals surface area contributed by atoms with E-state index >= 15 is 0 Å². The molecule has 4 aromatic carbocycles. The van der Waals surface area contributed by atoms with Crippen LogP contribution in [0.1, 0.15) is 90.6 Å². The minimum Gasteiger partial charge on any atom is -0.457 e. The highest BCUT2D eigenvalue weighted by Gasteiger charge is 2.67. The molecular weight excluding hydrogens is 970 g/mol. The predicted molar refractivity (Wildman–Crippen MR) is 236 cm³/mol. The first kappa shape index (κ1) is 45.2. The largest absolute Gasteiger partial charge is 0.457 e. The van der Waals surface area contributed by atoms with E-state index in [0.29, 0.717) is 28.2 Å². The molecule has 0 heterocycles. The molecule has 1 saturated carbocycles. The molecule has 56 heavy (non-hydrogen) atoms. The van der Waals surface area contributed by atoms with Crippen LogP contribution < -0.4 is 10.2 Å². The minimum atomic E-state index is -1.01. The van der Waals surface area contributed by atoms with Crippen LogP contribution in [0.2, 0.25) is 0 Å². The molecule has 8 nitrogen and oxygen atoms in total. The number of halogens is 4. The lowest BCUT2D eigenvalue weighted by Gasteiger charge is -2.35. The van der Waals surface area contributed by atoms with Crippen LogP contribution in [0.3, 0.4) is 0 Å². The number of alkyl halides is 4. The number of hydrogen-bond acceptors (Lipinski definition) is 6. The predicted octanol–water partition coefficient (Wildman–Crippen LogP) is 11.9. The average Bonchev–Trinajstić information content (AvgIpc) is 3.72. The Hall–Kier alpha value is -3.50. The Kier molecular flexibility index (Phi) is 15.2. The van der Waals surface area contributed by atoms with Gasteiger partial charge in [0.1, 0.15) is 19.7 Å². The zero-order valence-corrected chi connectivity index (χ0v) is 39.0. The molecule has 4 atom stereocenters. The second-order valence-electron chi connectivity index (χ2n) is 15.4. The standard InChI is InChI=1S/C22H19Br4NO3.C22H28N2O2/c1-21(2)17(19(23)22(24,25)26)18(21)20(28)30-16(12-27)13-7-6-10-15(11-13)29-14-8-4-3-5-9-14;1-7-17-8-10-18(11-9-17)20(25)23-24(22(4,5)6)21(26)19-13-15(2)12-16(3)14-19/h3-11,16-19H,1-2H3;8-14H,7H2,1-6H3,(H,23,25)/t16-,17-,18+,19?;/m1./s1. The molecule has 1 fully saturated rings. The normalized spacial score (nSPS) is 16.8. The van der Waals surface area contributed by atoms with Crippen molar-refractivity contribution in [1.82, 2.24) is 10.4 Å². The molecule has 1 aliphatic rings. The molecule has 1 aliphatic carbocycles. The fourth-order valence-corrected chi connectivity index (χ4v) is 8.25. The van der Waals surface area contributed by atoms with E-state index in [9.17, 15) is 19.6 Å². The maximum atomic E-state index is 13.1. The van der Waals surface area contributed by atoms with Crippen LogP contribution in [-0.4, -0.2) is 35.3 Å². The lowest BCUT2D eigenvalue weighted by Crippen LogP contribution is -2.55. The summed E-state index contributed by atoms with van der Waals surface area (Å²) >= 11 is 14.2. The Morgan fingerprint density at radius 3 is 1.98 bits per heavy atom. The molecular formula is C44H47Br4N3O5. The Balaban J connectivity index is 0.000000251. The van der Waals surface area contributed by atoms with Crippen molar-refractivity contribution in [3.8, 4) is 17.6 Å². The fraction of sp³-hybridized carbons (Fsp3) is 0.364. The summed E-state index contributed by atoms with van der Waals surface area (Å²) in [6.07, 6.45) is -0.0920. The van der Waals surface area contributed by atoms with Gasteiger partial charge in [-0.1, -0.05) is 144 Å². The third-order valence-electron chi connectivity index (χ3n) is 9.46. The molecule has 0 radical (unpaired) electrons. The van der Waals surface area contributed by atoms with Crippen molar-refractivity contribution in [2.24, 2.45) is 17.3 Å². The highest BCUT2D eigenvalue weighted by Crippen LogP contribution is 2.66. The number of aryl methyl sites for hydroxylation is 3. The number of benzene rings is 4.